The number of carbonyl (C=O) groups excluding carboxylic acids is 1. The van der Waals surface area contributed by atoms with Crippen molar-refractivity contribution >= 4 is 5.97 Å². The SMILES string of the molecule is C=C(COCC(O)(C(F)(F)F)C(F)(F)F)C(=O)OCC. The lowest BCUT2D eigenvalue weighted by molar-refractivity contribution is -0.377. The van der Waals surface area contributed by atoms with Gasteiger partial charge in [-0.15, -0.1) is 0 Å². The van der Waals surface area contributed by atoms with E-state index in [0.29, 0.717) is 0 Å². The van der Waals surface area contributed by atoms with E-state index >= 15 is 0 Å². The van der Waals surface area contributed by atoms with Gasteiger partial charge in [-0.1, -0.05) is 6.58 Å². The monoisotopic (exact) mass is 310 g/mol. The molecule has 0 amide bonds. The molecular formula is C10H12F6O4. The van der Waals surface area contributed by atoms with Gasteiger partial charge in [0.05, 0.1) is 25.4 Å². The molecule has 10 heteroatoms. The highest BCUT2D eigenvalue weighted by Crippen LogP contribution is 2.43. The standard InChI is InChI=1S/C10H12F6O4/c1-3-20-7(17)6(2)4-19-5-8(18,9(11,12)13)10(14,15)16/h18H,2-5H2,1H3. The third kappa shape index (κ3) is 4.37. The molecule has 20 heavy (non-hydrogen) atoms. The highest BCUT2D eigenvalue weighted by molar-refractivity contribution is 5.87. The molecule has 118 valence electrons. The first kappa shape index (κ1) is 18.7. The summed E-state index contributed by atoms with van der Waals surface area (Å²) in [7, 11) is 0. The summed E-state index contributed by atoms with van der Waals surface area (Å²) in [5, 5.41) is 8.72. The van der Waals surface area contributed by atoms with Gasteiger partial charge in [0.2, 0.25) is 0 Å². The lowest BCUT2D eigenvalue weighted by Gasteiger charge is -2.31. The van der Waals surface area contributed by atoms with Gasteiger partial charge in [-0.05, 0) is 6.92 Å². The highest BCUT2D eigenvalue weighted by Gasteiger charge is 2.70. The molecule has 0 aromatic carbocycles. The third-order valence-electron chi connectivity index (χ3n) is 2.09. The van der Waals surface area contributed by atoms with Crippen molar-refractivity contribution < 1.29 is 45.7 Å². The summed E-state index contributed by atoms with van der Waals surface area (Å²) in [6.07, 6.45) is -12.0. The molecule has 0 aromatic rings. The molecule has 0 saturated heterocycles. The van der Waals surface area contributed by atoms with Crippen LogP contribution in [0.3, 0.4) is 0 Å². The van der Waals surface area contributed by atoms with Crippen molar-refractivity contribution in [3.05, 3.63) is 12.2 Å². The van der Waals surface area contributed by atoms with Crippen LogP contribution in [-0.2, 0) is 14.3 Å². The predicted octanol–water partition coefficient (Wildman–Crippen LogP) is 1.98. The van der Waals surface area contributed by atoms with Crippen molar-refractivity contribution in [2.24, 2.45) is 0 Å². The number of rotatable bonds is 6. The molecule has 0 heterocycles. The maximum atomic E-state index is 12.2. The maximum absolute atomic E-state index is 12.2. The van der Waals surface area contributed by atoms with Crippen LogP contribution in [-0.4, -0.2) is 48.9 Å². The number of hydrogen-bond acceptors (Lipinski definition) is 4. The van der Waals surface area contributed by atoms with Crippen LogP contribution >= 0.6 is 0 Å². The average Bonchev–Trinajstić information content (AvgIpc) is 2.25. The Balaban J connectivity index is 4.68. The first-order valence-electron chi connectivity index (χ1n) is 5.15. The zero-order valence-corrected chi connectivity index (χ0v) is 10.3. The smallest absolute Gasteiger partial charge is 0.428 e. The fourth-order valence-corrected chi connectivity index (χ4v) is 0.938. The summed E-state index contributed by atoms with van der Waals surface area (Å²) >= 11 is 0. The average molecular weight is 310 g/mol. The van der Waals surface area contributed by atoms with E-state index in [1.807, 2.05) is 0 Å². The van der Waals surface area contributed by atoms with Crippen LogP contribution in [0, 0.1) is 0 Å². The number of esters is 1. The summed E-state index contributed by atoms with van der Waals surface area (Å²) in [6, 6.07) is 0. The Kier molecular flexibility index (Phi) is 6.02. The van der Waals surface area contributed by atoms with E-state index < -0.39 is 42.7 Å². The van der Waals surface area contributed by atoms with E-state index in [2.05, 4.69) is 16.1 Å². The van der Waals surface area contributed by atoms with Crippen LogP contribution in [0.15, 0.2) is 12.2 Å². The fourth-order valence-electron chi connectivity index (χ4n) is 0.938. The molecule has 0 bridgehead atoms. The molecule has 0 saturated carbocycles. The second-order valence-corrected chi connectivity index (χ2v) is 3.67. The normalized spacial score (nSPS) is 13.2. The Morgan fingerprint density at radius 1 is 1.15 bits per heavy atom. The van der Waals surface area contributed by atoms with Gasteiger partial charge in [0.15, 0.2) is 0 Å². The lowest BCUT2D eigenvalue weighted by Crippen LogP contribution is -2.60. The molecule has 0 atom stereocenters. The molecule has 0 spiro atoms. The number of ether oxygens (including phenoxy) is 2. The van der Waals surface area contributed by atoms with E-state index in [0.717, 1.165) is 0 Å². The summed E-state index contributed by atoms with van der Waals surface area (Å²) in [5.74, 6) is -1.02. The topological polar surface area (TPSA) is 55.8 Å². The molecule has 0 aliphatic rings. The van der Waals surface area contributed by atoms with Crippen molar-refractivity contribution in [3.8, 4) is 0 Å². The zero-order valence-electron chi connectivity index (χ0n) is 10.3. The predicted molar refractivity (Wildman–Crippen MR) is 53.7 cm³/mol. The largest absolute Gasteiger partial charge is 0.463 e. The summed E-state index contributed by atoms with van der Waals surface area (Å²) in [4.78, 5) is 11.0. The van der Waals surface area contributed by atoms with E-state index in [4.69, 9.17) is 5.11 Å². The molecular weight excluding hydrogens is 298 g/mol. The Labute approximate surface area is 110 Å². The van der Waals surface area contributed by atoms with Crippen LogP contribution in [0.4, 0.5) is 26.3 Å². The molecule has 0 unspecified atom stereocenters. The Hall–Kier alpha value is -1.29. The minimum Gasteiger partial charge on any atom is -0.463 e. The number of aliphatic hydroxyl groups is 1. The van der Waals surface area contributed by atoms with E-state index in [9.17, 15) is 31.1 Å². The molecule has 0 aliphatic heterocycles. The first-order chi connectivity index (χ1) is 8.87. The minimum atomic E-state index is -5.98. The second kappa shape index (κ2) is 6.44. The summed E-state index contributed by atoms with van der Waals surface area (Å²) < 4.78 is 81.9. The molecule has 0 aliphatic carbocycles. The van der Waals surface area contributed by atoms with Gasteiger partial charge >= 0.3 is 18.3 Å². The van der Waals surface area contributed by atoms with Crippen molar-refractivity contribution in [2.75, 3.05) is 19.8 Å². The summed E-state index contributed by atoms with van der Waals surface area (Å²) in [5.41, 5.74) is -5.49. The molecule has 0 rings (SSSR count). The van der Waals surface area contributed by atoms with Gasteiger partial charge in [0.1, 0.15) is 0 Å². The lowest BCUT2D eigenvalue weighted by atomic mass is 10.0. The van der Waals surface area contributed by atoms with Crippen molar-refractivity contribution in [2.45, 2.75) is 24.9 Å². The van der Waals surface area contributed by atoms with Crippen LogP contribution < -0.4 is 0 Å². The van der Waals surface area contributed by atoms with Crippen molar-refractivity contribution in [1.29, 1.82) is 0 Å². The highest BCUT2D eigenvalue weighted by atomic mass is 19.4. The Bertz CT molecular complexity index is 346. The van der Waals surface area contributed by atoms with Crippen LogP contribution in [0.2, 0.25) is 0 Å². The second-order valence-electron chi connectivity index (χ2n) is 3.67. The quantitative estimate of drug-likeness (QED) is 0.463. The first-order valence-corrected chi connectivity index (χ1v) is 5.15. The Morgan fingerprint density at radius 2 is 1.60 bits per heavy atom. The minimum absolute atomic E-state index is 0.0487. The third-order valence-corrected chi connectivity index (χ3v) is 2.09. The fraction of sp³-hybridized carbons (Fsp3) is 0.700. The molecule has 0 aromatic heterocycles. The van der Waals surface area contributed by atoms with Gasteiger partial charge in [-0.3, -0.25) is 0 Å². The number of alkyl halides is 6. The van der Waals surface area contributed by atoms with Gasteiger partial charge in [-0.2, -0.15) is 26.3 Å². The van der Waals surface area contributed by atoms with Gasteiger partial charge in [0.25, 0.3) is 5.60 Å². The number of halogens is 6. The molecule has 0 fully saturated rings. The number of carbonyl (C=O) groups is 1. The molecule has 0 radical (unpaired) electrons. The van der Waals surface area contributed by atoms with E-state index in [1.165, 1.54) is 6.92 Å². The van der Waals surface area contributed by atoms with Crippen LogP contribution in [0.25, 0.3) is 0 Å². The summed E-state index contributed by atoms with van der Waals surface area (Å²) in [6.45, 7) is 1.42. The van der Waals surface area contributed by atoms with E-state index in [1.54, 1.807) is 0 Å². The number of hydrogen-bond donors (Lipinski definition) is 1. The maximum Gasteiger partial charge on any atom is 0.428 e. The molecule has 1 N–H and O–H groups in total. The van der Waals surface area contributed by atoms with Gasteiger partial charge < -0.3 is 14.6 Å². The van der Waals surface area contributed by atoms with E-state index in [-0.39, 0.29) is 6.61 Å². The van der Waals surface area contributed by atoms with Crippen LogP contribution in [0.5, 0.6) is 0 Å². The molecule has 4 nitrogen and oxygen atoms in total. The van der Waals surface area contributed by atoms with Gasteiger partial charge in [0, 0.05) is 0 Å². The van der Waals surface area contributed by atoms with Crippen molar-refractivity contribution in [1.82, 2.24) is 0 Å². The van der Waals surface area contributed by atoms with Crippen LogP contribution in [0.1, 0.15) is 6.92 Å². The van der Waals surface area contributed by atoms with Crippen molar-refractivity contribution in [3.63, 3.8) is 0 Å². The Morgan fingerprint density at radius 3 is 1.95 bits per heavy atom. The van der Waals surface area contributed by atoms with Gasteiger partial charge in [-0.25, -0.2) is 4.79 Å². The zero-order chi connectivity index (χ0) is 16.2.